The highest BCUT2D eigenvalue weighted by molar-refractivity contribution is 5.97. The number of hydrogen-bond acceptors (Lipinski definition) is 4. The highest BCUT2D eigenvalue weighted by Crippen LogP contribution is 2.21. The molecule has 0 saturated heterocycles. The Bertz CT molecular complexity index is 987. The molecular weight excluding hydrogens is 387 g/mol. The second-order valence-corrected chi connectivity index (χ2v) is 5.74. The van der Waals surface area contributed by atoms with Crippen molar-refractivity contribution in [3.05, 3.63) is 53.5 Å². The van der Waals surface area contributed by atoms with E-state index in [-0.39, 0.29) is 23.5 Å². The van der Waals surface area contributed by atoms with Gasteiger partial charge in [0, 0.05) is 24.4 Å². The zero-order valence-electron chi connectivity index (χ0n) is 14.1. The third-order valence-corrected chi connectivity index (χ3v) is 3.61. The van der Waals surface area contributed by atoms with Gasteiger partial charge >= 0.3 is 6.18 Å². The number of H-pyrrole nitrogens is 1. The van der Waals surface area contributed by atoms with E-state index in [1.165, 1.54) is 36.5 Å². The molecule has 0 spiro atoms. The maximum Gasteiger partial charge on any atom is 0.422 e. The van der Waals surface area contributed by atoms with Crippen LogP contribution in [0.2, 0.25) is 0 Å². The lowest BCUT2D eigenvalue weighted by Crippen LogP contribution is -2.23. The Morgan fingerprint density at radius 2 is 2.00 bits per heavy atom. The van der Waals surface area contributed by atoms with E-state index >= 15 is 0 Å². The first-order valence-electron chi connectivity index (χ1n) is 7.92. The van der Waals surface area contributed by atoms with Gasteiger partial charge in [-0.05, 0) is 29.8 Å². The lowest BCUT2D eigenvalue weighted by Gasteiger charge is -2.10. The minimum atomic E-state index is -4.48. The SMILES string of the molecule is O=C(NCc1ccnc(OCC(F)(F)F)c1)c1ccc2nc(C(F)F)[nH]c2c1. The second kappa shape index (κ2) is 7.79. The van der Waals surface area contributed by atoms with Crippen LogP contribution in [0.15, 0.2) is 36.5 Å². The predicted octanol–water partition coefficient (Wildman–Crippen LogP) is 3.77. The molecule has 0 saturated carbocycles. The Morgan fingerprint density at radius 1 is 1.21 bits per heavy atom. The number of carbonyl (C=O) groups excluding carboxylic acids is 1. The molecule has 28 heavy (non-hydrogen) atoms. The zero-order valence-corrected chi connectivity index (χ0v) is 14.1. The van der Waals surface area contributed by atoms with Crippen LogP contribution in [0.4, 0.5) is 22.0 Å². The molecule has 2 aromatic heterocycles. The molecule has 3 aromatic rings. The number of aromatic nitrogens is 3. The Hall–Kier alpha value is -3.24. The average molecular weight is 400 g/mol. The molecule has 0 unspecified atom stereocenters. The molecule has 11 heteroatoms. The topological polar surface area (TPSA) is 79.9 Å². The normalized spacial score (nSPS) is 11.8. The molecule has 6 nitrogen and oxygen atoms in total. The van der Waals surface area contributed by atoms with Crippen molar-refractivity contribution in [2.45, 2.75) is 19.1 Å². The Kier molecular flexibility index (Phi) is 5.43. The van der Waals surface area contributed by atoms with Gasteiger partial charge in [-0.3, -0.25) is 4.79 Å². The summed E-state index contributed by atoms with van der Waals surface area (Å²) in [7, 11) is 0. The molecule has 0 bridgehead atoms. The summed E-state index contributed by atoms with van der Waals surface area (Å²) in [6, 6.07) is 7.03. The summed E-state index contributed by atoms with van der Waals surface area (Å²) in [6.07, 6.45) is -5.98. The van der Waals surface area contributed by atoms with Gasteiger partial charge in [0.2, 0.25) is 5.88 Å². The minimum absolute atomic E-state index is 0.00697. The van der Waals surface area contributed by atoms with E-state index in [9.17, 15) is 26.7 Å². The van der Waals surface area contributed by atoms with Crippen molar-refractivity contribution in [1.29, 1.82) is 0 Å². The van der Waals surface area contributed by atoms with Gasteiger partial charge in [0.25, 0.3) is 12.3 Å². The van der Waals surface area contributed by atoms with Gasteiger partial charge < -0.3 is 15.0 Å². The van der Waals surface area contributed by atoms with Crippen LogP contribution < -0.4 is 10.1 Å². The molecular formula is C17H13F5N4O2. The number of nitrogens with zero attached hydrogens (tertiary/aromatic N) is 2. The number of aromatic amines is 1. The fourth-order valence-corrected chi connectivity index (χ4v) is 2.35. The molecule has 1 aromatic carbocycles. The summed E-state index contributed by atoms with van der Waals surface area (Å²) >= 11 is 0. The number of nitrogens with one attached hydrogen (secondary N) is 2. The van der Waals surface area contributed by atoms with Crippen LogP contribution >= 0.6 is 0 Å². The van der Waals surface area contributed by atoms with Gasteiger partial charge in [-0.25, -0.2) is 18.7 Å². The number of hydrogen-bond donors (Lipinski definition) is 2. The van der Waals surface area contributed by atoms with Crippen LogP contribution in [-0.4, -0.2) is 33.6 Å². The molecule has 0 aliphatic carbocycles. The molecule has 0 radical (unpaired) electrons. The van der Waals surface area contributed by atoms with Crippen LogP contribution in [0.5, 0.6) is 5.88 Å². The van der Waals surface area contributed by atoms with Crippen molar-refractivity contribution in [2.24, 2.45) is 0 Å². The summed E-state index contributed by atoms with van der Waals surface area (Å²) in [6.45, 7) is -1.46. The van der Waals surface area contributed by atoms with Crippen LogP contribution in [0.1, 0.15) is 28.2 Å². The monoisotopic (exact) mass is 400 g/mol. The number of halogens is 5. The number of rotatable bonds is 6. The lowest BCUT2D eigenvalue weighted by molar-refractivity contribution is -0.154. The van der Waals surface area contributed by atoms with E-state index in [0.29, 0.717) is 11.1 Å². The summed E-state index contributed by atoms with van der Waals surface area (Å²) < 4.78 is 66.4. The van der Waals surface area contributed by atoms with Crippen molar-refractivity contribution < 1.29 is 31.5 Å². The smallest absolute Gasteiger partial charge is 0.422 e. The highest BCUT2D eigenvalue weighted by atomic mass is 19.4. The van der Waals surface area contributed by atoms with Crippen LogP contribution in [0.3, 0.4) is 0 Å². The first kappa shape index (κ1) is 19.5. The van der Waals surface area contributed by atoms with E-state index in [4.69, 9.17) is 0 Å². The molecule has 3 rings (SSSR count). The lowest BCUT2D eigenvalue weighted by atomic mass is 10.2. The van der Waals surface area contributed by atoms with Gasteiger partial charge in [0.1, 0.15) is 0 Å². The summed E-state index contributed by atoms with van der Waals surface area (Å²) in [4.78, 5) is 22.1. The minimum Gasteiger partial charge on any atom is -0.468 e. The third-order valence-electron chi connectivity index (χ3n) is 3.61. The largest absolute Gasteiger partial charge is 0.468 e. The predicted molar refractivity (Wildman–Crippen MR) is 88.0 cm³/mol. The molecule has 2 N–H and O–H groups in total. The van der Waals surface area contributed by atoms with Crippen LogP contribution in [0.25, 0.3) is 11.0 Å². The Balaban J connectivity index is 1.64. The van der Waals surface area contributed by atoms with Gasteiger partial charge in [-0.1, -0.05) is 0 Å². The molecule has 0 aliphatic heterocycles. The average Bonchev–Trinajstić information content (AvgIpc) is 3.08. The number of ether oxygens (including phenoxy) is 1. The summed E-state index contributed by atoms with van der Waals surface area (Å²) in [5.41, 5.74) is 1.27. The summed E-state index contributed by atoms with van der Waals surface area (Å²) in [5.74, 6) is -1.21. The number of fused-ring (bicyclic) bond motifs is 1. The quantitative estimate of drug-likeness (QED) is 0.618. The molecule has 1 amide bonds. The fraction of sp³-hybridized carbons (Fsp3) is 0.235. The molecule has 0 fully saturated rings. The van der Waals surface area contributed by atoms with Crippen LogP contribution in [-0.2, 0) is 6.54 Å². The van der Waals surface area contributed by atoms with E-state index in [2.05, 4.69) is 25.0 Å². The van der Waals surface area contributed by atoms with Crippen molar-refractivity contribution in [1.82, 2.24) is 20.3 Å². The molecule has 0 atom stereocenters. The number of carbonyl (C=O) groups is 1. The number of benzene rings is 1. The van der Waals surface area contributed by atoms with E-state index in [1.54, 1.807) is 0 Å². The molecule has 0 aliphatic rings. The third kappa shape index (κ3) is 4.93. The van der Waals surface area contributed by atoms with Crippen molar-refractivity contribution >= 4 is 16.9 Å². The van der Waals surface area contributed by atoms with Gasteiger partial charge in [-0.2, -0.15) is 13.2 Å². The maximum atomic E-state index is 12.7. The Morgan fingerprint density at radius 3 is 2.71 bits per heavy atom. The van der Waals surface area contributed by atoms with Gasteiger partial charge in [-0.15, -0.1) is 0 Å². The standard InChI is InChI=1S/C17H13F5N4O2/c18-14(19)15-25-11-2-1-10(6-12(11)26-15)16(27)24-7-9-3-4-23-13(5-9)28-8-17(20,21)22/h1-6,14H,7-8H2,(H,24,27)(H,25,26). The van der Waals surface area contributed by atoms with Crippen molar-refractivity contribution in [3.63, 3.8) is 0 Å². The van der Waals surface area contributed by atoms with Crippen molar-refractivity contribution in [3.8, 4) is 5.88 Å². The van der Waals surface area contributed by atoms with E-state index in [1.807, 2.05) is 0 Å². The van der Waals surface area contributed by atoms with Crippen molar-refractivity contribution in [2.75, 3.05) is 6.61 Å². The fourth-order valence-electron chi connectivity index (χ4n) is 2.35. The first-order chi connectivity index (χ1) is 13.2. The van der Waals surface area contributed by atoms with Gasteiger partial charge in [0.05, 0.1) is 11.0 Å². The zero-order chi connectivity index (χ0) is 20.3. The van der Waals surface area contributed by atoms with E-state index < -0.39 is 30.9 Å². The molecule has 148 valence electrons. The highest BCUT2D eigenvalue weighted by Gasteiger charge is 2.28. The second-order valence-electron chi connectivity index (χ2n) is 5.74. The van der Waals surface area contributed by atoms with Gasteiger partial charge in [0.15, 0.2) is 12.4 Å². The number of alkyl halides is 5. The number of amides is 1. The first-order valence-corrected chi connectivity index (χ1v) is 7.92. The number of pyridine rings is 1. The van der Waals surface area contributed by atoms with Crippen LogP contribution in [0, 0.1) is 0 Å². The molecule has 2 heterocycles. The Labute approximate surface area is 154 Å². The maximum absolute atomic E-state index is 12.7. The summed E-state index contributed by atoms with van der Waals surface area (Å²) in [5, 5.41) is 2.58. The number of imidazole rings is 1. The van der Waals surface area contributed by atoms with E-state index in [0.717, 1.165) is 0 Å².